The molecule has 0 radical (unpaired) electrons. The van der Waals surface area contributed by atoms with Crippen LogP contribution in [0.25, 0.3) is 33.4 Å². The van der Waals surface area contributed by atoms with Crippen LogP contribution in [-0.2, 0) is 11.2 Å². The maximum atomic E-state index is 13.0. The van der Waals surface area contributed by atoms with Gasteiger partial charge in [0.15, 0.2) is 5.65 Å². The molecule has 7 rings (SSSR count). The van der Waals surface area contributed by atoms with E-state index in [0.29, 0.717) is 35.9 Å². The number of carbonyl (C=O) groups is 2. The molecule has 2 aromatic carbocycles. The minimum atomic E-state index is -0.128. The Morgan fingerprint density at radius 3 is 2.78 bits per heavy atom. The van der Waals surface area contributed by atoms with Gasteiger partial charge in [-0.2, -0.15) is 5.10 Å². The molecule has 37 heavy (non-hydrogen) atoms. The van der Waals surface area contributed by atoms with E-state index in [1.165, 1.54) is 5.56 Å². The third-order valence-electron chi connectivity index (χ3n) is 7.66. The van der Waals surface area contributed by atoms with Gasteiger partial charge in [-0.15, -0.1) is 0 Å². The number of benzene rings is 2. The van der Waals surface area contributed by atoms with E-state index in [4.69, 9.17) is 4.74 Å². The molecule has 2 aromatic heterocycles. The van der Waals surface area contributed by atoms with Crippen LogP contribution in [0.3, 0.4) is 0 Å². The number of pyridine rings is 1. The van der Waals surface area contributed by atoms with E-state index in [9.17, 15) is 9.59 Å². The molecule has 4 aromatic rings. The Morgan fingerprint density at radius 2 is 1.89 bits per heavy atom. The van der Waals surface area contributed by atoms with Crippen LogP contribution in [0.5, 0.6) is 5.75 Å². The number of hydrogen-bond donors (Lipinski definition) is 3. The van der Waals surface area contributed by atoms with E-state index < -0.39 is 0 Å². The lowest BCUT2D eigenvalue weighted by Crippen LogP contribution is -2.26. The summed E-state index contributed by atoms with van der Waals surface area (Å²) in [6, 6.07) is 14.1. The molecule has 1 unspecified atom stereocenters. The molecule has 0 bridgehead atoms. The molecule has 1 amide bonds. The number of rotatable bonds is 4. The Kier molecular flexibility index (Phi) is 5.28. The third-order valence-corrected chi connectivity index (χ3v) is 7.66. The monoisotopic (exact) mass is 493 g/mol. The molecule has 8 nitrogen and oxygen atoms in total. The van der Waals surface area contributed by atoms with E-state index in [1.807, 2.05) is 18.3 Å². The number of aromatic amines is 1. The predicted molar refractivity (Wildman–Crippen MR) is 140 cm³/mol. The number of carbonyl (C=O) groups excluding carboxylic acids is 2. The van der Waals surface area contributed by atoms with Crippen molar-refractivity contribution >= 4 is 22.7 Å². The highest BCUT2D eigenvalue weighted by atomic mass is 16.5. The highest BCUT2D eigenvalue weighted by Gasteiger charge is 2.36. The standard InChI is InChI=1S/C29H27N5O3/c35-27(16-1-2-16)24-15-30-8-7-18-11-17(3-5-21(18)24)20-12-23-26(33-34-28(23)32-14-20)19-4-6-22-25(13-19)37-10-9-31-29(22)36/h3-6,11-14,16,24,30H,1-2,7-10,15H2,(H,31,36)(H,32,33,34). The van der Waals surface area contributed by atoms with Gasteiger partial charge >= 0.3 is 0 Å². The lowest BCUT2D eigenvalue weighted by Gasteiger charge is -2.17. The molecular weight excluding hydrogens is 466 g/mol. The lowest BCUT2D eigenvalue weighted by molar-refractivity contribution is -0.121. The summed E-state index contributed by atoms with van der Waals surface area (Å²) in [5, 5.41) is 14.7. The number of nitrogens with one attached hydrogen (secondary N) is 3. The molecule has 4 heterocycles. The van der Waals surface area contributed by atoms with Gasteiger partial charge in [0.2, 0.25) is 0 Å². The fourth-order valence-corrected chi connectivity index (χ4v) is 5.51. The number of hydrogen-bond acceptors (Lipinski definition) is 6. The van der Waals surface area contributed by atoms with Crippen LogP contribution in [0.15, 0.2) is 48.7 Å². The van der Waals surface area contributed by atoms with Crippen LogP contribution in [-0.4, -0.2) is 53.1 Å². The van der Waals surface area contributed by atoms with E-state index in [0.717, 1.165) is 65.7 Å². The summed E-state index contributed by atoms with van der Waals surface area (Å²) in [6.07, 6.45) is 4.81. The number of fused-ring (bicyclic) bond motifs is 3. The minimum Gasteiger partial charge on any atom is -0.491 e. The summed E-state index contributed by atoms with van der Waals surface area (Å²) < 4.78 is 5.81. The molecule has 3 aliphatic rings. The van der Waals surface area contributed by atoms with Crippen molar-refractivity contribution in [3.63, 3.8) is 0 Å². The first-order valence-electron chi connectivity index (χ1n) is 12.9. The van der Waals surface area contributed by atoms with Gasteiger partial charge in [0.25, 0.3) is 5.91 Å². The minimum absolute atomic E-state index is 0.0577. The molecule has 3 N–H and O–H groups in total. The van der Waals surface area contributed by atoms with Crippen molar-refractivity contribution < 1.29 is 14.3 Å². The van der Waals surface area contributed by atoms with Crippen LogP contribution >= 0.6 is 0 Å². The molecule has 1 aliphatic carbocycles. The number of aromatic nitrogens is 3. The summed E-state index contributed by atoms with van der Waals surface area (Å²) >= 11 is 0. The van der Waals surface area contributed by atoms with Gasteiger partial charge in [-0.05, 0) is 60.7 Å². The number of amides is 1. The fraction of sp³-hybridized carbons (Fsp3) is 0.310. The summed E-state index contributed by atoms with van der Waals surface area (Å²) in [5.41, 5.74) is 7.32. The van der Waals surface area contributed by atoms with Gasteiger partial charge in [0.05, 0.1) is 23.7 Å². The summed E-state index contributed by atoms with van der Waals surface area (Å²) in [5.74, 6) is 1.01. The average Bonchev–Trinajstić information content (AvgIpc) is 3.74. The van der Waals surface area contributed by atoms with Gasteiger partial charge in [-0.25, -0.2) is 4.98 Å². The molecule has 0 spiro atoms. The molecular formula is C29H27N5O3. The molecule has 1 fully saturated rings. The highest BCUT2D eigenvalue weighted by Crippen LogP contribution is 2.38. The molecule has 186 valence electrons. The first-order chi connectivity index (χ1) is 18.2. The zero-order chi connectivity index (χ0) is 24.9. The number of nitrogens with zero attached hydrogens (tertiary/aromatic N) is 2. The van der Waals surface area contributed by atoms with Crippen molar-refractivity contribution in [3.05, 3.63) is 65.4 Å². The van der Waals surface area contributed by atoms with E-state index in [1.54, 1.807) is 6.07 Å². The Morgan fingerprint density at radius 1 is 1.00 bits per heavy atom. The summed E-state index contributed by atoms with van der Waals surface area (Å²) in [4.78, 5) is 29.9. The Labute approximate surface area is 213 Å². The van der Waals surface area contributed by atoms with Crippen molar-refractivity contribution in [3.8, 4) is 28.1 Å². The quantitative estimate of drug-likeness (QED) is 0.401. The van der Waals surface area contributed by atoms with E-state index in [2.05, 4.69) is 50.1 Å². The van der Waals surface area contributed by atoms with Crippen molar-refractivity contribution in [2.24, 2.45) is 5.92 Å². The number of H-pyrrole nitrogens is 1. The second kappa shape index (κ2) is 8.81. The Balaban J connectivity index is 1.26. The SMILES string of the molecule is O=C1NCCOc2cc(-c3[nH]nc4ncc(-c5ccc6c(c5)CCNCC6C(=O)C5CC5)cc34)ccc21. The number of Topliss-reactive ketones (excluding diaryl/α,β-unsaturated/α-hetero) is 1. The van der Waals surface area contributed by atoms with Gasteiger partial charge in [-0.1, -0.05) is 24.3 Å². The van der Waals surface area contributed by atoms with Crippen molar-refractivity contribution in [1.82, 2.24) is 25.8 Å². The van der Waals surface area contributed by atoms with Crippen molar-refractivity contribution in [2.75, 3.05) is 26.2 Å². The molecule has 8 heteroatoms. The first kappa shape index (κ1) is 22.2. The van der Waals surface area contributed by atoms with E-state index in [-0.39, 0.29) is 17.7 Å². The lowest BCUT2D eigenvalue weighted by atomic mass is 9.87. The zero-order valence-corrected chi connectivity index (χ0v) is 20.3. The predicted octanol–water partition coefficient (Wildman–Crippen LogP) is 3.62. The average molecular weight is 494 g/mol. The highest BCUT2D eigenvalue weighted by molar-refractivity contribution is 5.99. The summed E-state index contributed by atoms with van der Waals surface area (Å²) in [6.45, 7) is 2.50. The third kappa shape index (κ3) is 3.97. The molecule has 1 atom stereocenters. The van der Waals surface area contributed by atoms with Gasteiger partial charge in [0.1, 0.15) is 18.1 Å². The molecule has 2 aliphatic heterocycles. The topological polar surface area (TPSA) is 109 Å². The van der Waals surface area contributed by atoms with Crippen molar-refractivity contribution in [1.29, 1.82) is 0 Å². The van der Waals surface area contributed by atoms with E-state index >= 15 is 0 Å². The van der Waals surface area contributed by atoms with Crippen LogP contribution in [0, 0.1) is 5.92 Å². The molecule has 0 saturated heterocycles. The Hall–Kier alpha value is -4.04. The fourth-order valence-electron chi connectivity index (χ4n) is 5.51. The normalized spacial score (nSPS) is 19.2. The molecule has 1 saturated carbocycles. The Bertz CT molecular complexity index is 1550. The van der Waals surface area contributed by atoms with Gasteiger partial charge in [0, 0.05) is 35.2 Å². The van der Waals surface area contributed by atoms with Crippen LogP contribution in [0.1, 0.15) is 40.2 Å². The number of ether oxygens (including phenoxy) is 1. The second-order valence-electron chi connectivity index (χ2n) is 10.1. The zero-order valence-electron chi connectivity index (χ0n) is 20.3. The van der Waals surface area contributed by atoms with Gasteiger partial charge < -0.3 is 15.4 Å². The number of ketones is 1. The second-order valence-corrected chi connectivity index (χ2v) is 10.1. The largest absolute Gasteiger partial charge is 0.491 e. The maximum absolute atomic E-state index is 13.0. The van der Waals surface area contributed by atoms with Crippen LogP contribution in [0.4, 0.5) is 0 Å². The smallest absolute Gasteiger partial charge is 0.255 e. The summed E-state index contributed by atoms with van der Waals surface area (Å²) in [7, 11) is 0. The van der Waals surface area contributed by atoms with Crippen LogP contribution < -0.4 is 15.4 Å². The van der Waals surface area contributed by atoms with Crippen molar-refractivity contribution in [2.45, 2.75) is 25.2 Å². The van der Waals surface area contributed by atoms with Crippen LogP contribution in [0.2, 0.25) is 0 Å². The van der Waals surface area contributed by atoms with Gasteiger partial charge in [-0.3, -0.25) is 14.7 Å². The maximum Gasteiger partial charge on any atom is 0.255 e. The first-order valence-corrected chi connectivity index (χ1v) is 12.9.